The SMILES string of the molecule is CCOc1ccc(C(CN)c2cc(C(C)C)nn2C)cc1C. The van der Waals surface area contributed by atoms with Crippen LogP contribution in [0, 0.1) is 6.92 Å². The molecule has 1 unspecified atom stereocenters. The second kappa shape index (κ2) is 6.97. The maximum Gasteiger partial charge on any atom is 0.122 e. The van der Waals surface area contributed by atoms with Gasteiger partial charge in [-0.25, -0.2) is 0 Å². The van der Waals surface area contributed by atoms with Gasteiger partial charge in [0.1, 0.15) is 5.75 Å². The van der Waals surface area contributed by atoms with Crippen LogP contribution in [0.25, 0.3) is 0 Å². The van der Waals surface area contributed by atoms with E-state index in [0.29, 0.717) is 19.1 Å². The first-order chi connectivity index (χ1) is 10.5. The maximum atomic E-state index is 6.07. The zero-order chi connectivity index (χ0) is 16.3. The number of nitrogens with zero attached hydrogens (tertiary/aromatic N) is 2. The van der Waals surface area contributed by atoms with E-state index in [0.717, 1.165) is 22.7 Å². The molecule has 0 saturated carbocycles. The van der Waals surface area contributed by atoms with E-state index in [1.54, 1.807) is 0 Å². The van der Waals surface area contributed by atoms with Crippen LogP contribution in [0.2, 0.25) is 0 Å². The van der Waals surface area contributed by atoms with Gasteiger partial charge < -0.3 is 10.5 Å². The number of hydrogen-bond acceptors (Lipinski definition) is 3. The topological polar surface area (TPSA) is 53.1 Å². The average molecular weight is 301 g/mol. The molecule has 0 aliphatic carbocycles. The van der Waals surface area contributed by atoms with Gasteiger partial charge in [-0.2, -0.15) is 5.10 Å². The van der Waals surface area contributed by atoms with E-state index in [1.165, 1.54) is 5.56 Å². The number of benzene rings is 1. The van der Waals surface area contributed by atoms with E-state index in [4.69, 9.17) is 10.5 Å². The number of aromatic nitrogens is 2. The van der Waals surface area contributed by atoms with Crippen molar-refractivity contribution in [2.24, 2.45) is 12.8 Å². The minimum atomic E-state index is 0.152. The molecule has 1 aromatic heterocycles. The molecular weight excluding hydrogens is 274 g/mol. The van der Waals surface area contributed by atoms with Crippen molar-refractivity contribution in [1.29, 1.82) is 0 Å². The molecule has 0 aliphatic heterocycles. The van der Waals surface area contributed by atoms with Gasteiger partial charge in [0.15, 0.2) is 0 Å². The average Bonchev–Trinajstić information content (AvgIpc) is 2.85. The lowest BCUT2D eigenvalue weighted by atomic mass is 9.93. The van der Waals surface area contributed by atoms with Gasteiger partial charge in [-0.15, -0.1) is 0 Å². The Morgan fingerprint density at radius 1 is 1.27 bits per heavy atom. The summed E-state index contributed by atoms with van der Waals surface area (Å²) in [6.07, 6.45) is 0. The minimum Gasteiger partial charge on any atom is -0.494 e. The van der Waals surface area contributed by atoms with E-state index < -0.39 is 0 Å². The molecule has 0 amide bonds. The number of hydrogen-bond donors (Lipinski definition) is 1. The van der Waals surface area contributed by atoms with Crippen molar-refractivity contribution < 1.29 is 4.74 Å². The number of rotatable bonds is 6. The lowest BCUT2D eigenvalue weighted by molar-refractivity contribution is 0.337. The van der Waals surface area contributed by atoms with Crippen LogP contribution < -0.4 is 10.5 Å². The van der Waals surface area contributed by atoms with Gasteiger partial charge in [-0.3, -0.25) is 4.68 Å². The number of ether oxygens (including phenoxy) is 1. The van der Waals surface area contributed by atoms with Crippen LogP contribution in [-0.2, 0) is 7.05 Å². The lowest BCUT2D eigenvalue weighted by Crippen LogP contribution is -2.17. The van der Waals surface area contributed by atoms with Crippen molar-refractivity contribution in [3.63, 3.8) is 0 Å². The van der Waals surface area contributed by atoms with E-state index in [2.05, 4.69) is 44.1 Å². The molecule has 2 rings (SSSR count). The highest BCUT2D eigenvalue weighted by Crippen LogP contribution is 2.29. The summed E-state index contributed by atoms with van der Waals surface area (Å²) in [6, 6.07) is 8.49. The predicted octanol–water partition coefficient (Wildman–Crippen LogP) is 3.34. The van der Waals surface area contributed by atoms with Crippen LogP contribution in [0.1, 0.15) is 55.1 Å². The molecule has 2 N–H and O–H groups in total. The first-order valence-electron chi connectivity index (χ1n) is 7.95. The van der Waals surface area contributed by atoms with Crippen molar-refractivity contribution >= 4 is 0 Å². The fourth-order valence-electron chi connectivity index (χ4n) is 2.75. The predicted molar refractivity (Wildman–Crippen MR) is 90.5 cm³/mol. The maximum absolute atomic E-state index is 6.07. The van der Waals surface area contributed by atoms with Gasteiger partial charge in [0.25, 0.3) is 0 Å². The molecular formula is C18H27N3O. The largest absolute Gasteiger partial charge is 0.494 e. The van der Waals surface area contributed by atoms with E-state index in [-0.39, 0.29) is 5.92 Å². The zero-order valence-corrected chi connectivity index (χ0v) is 14.3. The van der Waals surface area contributed by atoms with Crippen molar-refractivity contribution in [2.75, 3.05) is 13.2 Å². The van der Waals surface area contributed by atoms with Gasteiger partial charge in [0.05, 0.1) is 12.3 Å². The molecule has 0 aliphatic rings. The third kappa shape index (κ3) is 3.33. The van der Waals surface area contributed by atoms with Gasteiger partial charge >= 0.3 is 0 Å². The monoisotopic (exact) mass is 301 g/mol. The first kappa shape index (κ1) is 16.6. The van der Waals surface area contributed by atoms with Gasteiger partial charge in [-0.05, 0) is 43.0 Å². The van der Waals surface area contributed by atoms with Crippen LogP contribution in [-0.4, -0.2) is 22.9 Å². The van der Waals surface area contributed by atoms with E-state index >= 15 is 0 Å². The molecule has 1 atom stereocenters. The Labute approximate surface area is 133 Å². The molecule has 0 fully saturated rings. The summed E-state index contributed by atoms with van der Waals surface area (Å²) in [5, 5.41) is 4.61. The first-order valence-corrected chi connectivity index (χ1v) is 7.95. The fraction of sp³-hybridized carbons (Fsp3) is 0.500. The van der Waals surface area contributed by atoms with Crippen LogP contribution in [0.4, 0.5) is 0 Å². The highest BCUT2D eigenvalue weighted by Gasteiger charge is 2.19. The van der Waals surface area contributed by atoms with Crippen molar-refractivity contribution in [2.45, 2.75) is 39.5 Å². The highest BCUT2D eigenvalue weighted by atomic mass is 16.5. The van der Waals surface area contributed by atoms with Crippen molar-refractivity contribution in [1.82, 2.24) is 9.78 Å². The summed E-state index contributed by atoms with van der Waals surface area (Å²) in [4.78, 5) is 0. The van der Waals surface area contributed by atoms with Crippen molar-refractivity contribution in [3.8, 4) is 5.75 Å². The minimum absolute atomic E-state index is 0.152. The second-order valence-corrected chi connectivity index (χ2v) is 6.02. The summed E-state index contributed by atoms with van der Waals surface area (Å²) in [7, 11) is 1.99. The summed E-state index contributed by atoms with van der Waals surface area (Å²) < 4.78 is 7.58. The molecule has 2 aromatic rings. The lowest BCUT2D eigenvalue weighted by Gasteiger charge is -2.17. The fourth-order valence-corrected chi connectivity index (χ4v) is 2.75. The molecule has 1 aromatic carbocycles. The van der Waals surface area contributed by atoms with Crippen LogP contribution in [0.15, 0.2) is 24.3 Å². The summed E-state index contributed by atoms with van der Waals surface area (Å²) in [6.45, 7) is 9.63. The van der Waals surface area contributed by atoms with Crippen LogP contribution in [0.3, 0.4) is 0 Å². The molecule has 0 radical (unpaired) electrons. The summed E-state index contributed by atoms with van der Waals surface area (Å²) in [5.74, 6) is 1.51. The Kier molecular flexibility index (Phi) is 5.24. The van der Waals surface area contributed by atoms with E-state index in [1.807, 2.05) is 24.7 Å². The molecule has 0 bridgehead atoms. The molecule has 120 valence electrons. The Hall–Kier alpha value is -1.81. The molecule has 22 heavy (non-hydrogen) atoms. The number of aryl methyl sites for hydroxylation is 2. The molecule has 4 nitrogen and oxygen atoms in total. The quantitative estimate of drug-likeness (QED) is 0.890. The Morgan fingerprint density at radius 3 is 2.50 bits per heavy atom. The van der Waals surface area contributed by atoms with E-state index in [9.17, 15) is 0 Å². The Bertz CT molecular complexity index is 631. The Morgan fingerprint density at radius 2 is 2.00 bits per heavy atom. The number of nitrogens with two attached hydrogens (primary N) is 1. The van der Waals surface area contributed by atoms with Gasteiger partial charge in [-0.1, -0.05) is 26.0 Å². The molecule has 4 heteroatoms. The Balaban J connectivity index is 2.38. The third-order valence-electron chi connectivity index (χ3n) is 4.02. The normalized spacial score (nSPS) is 12.7. The van der Waals surface area contributed by atoms with Gasteiger partial charge in [0, 0.05) is 25.2 Å². The molecule has 0 saturated heterocycles. The standard InChI is InChI=1S/C18H27N3O/c1-6-22-18-8-7-14(9-13(18)4)15(11-19)17-10-16(12(2)3)20-21(17)5/h7-10,12,15H,6,11,19H2,1-5H3. The summed E-state index contributed by atoms with van der Waals surface area (Å²) in [5.41, 5.74) is 10.7. The second-order valence-electron chi connectivity index (χ2n) is 6.02. The zero-order valence-electron chi connectivity index (χ0n) is 14.3. The van der Waals surface area contributed by atoms with Crippen molar-refractivity contribution in [3.05, 3.63) is 46.8 Å². The third-order valence-corrected chi connectivity index (χ3v) is 4.02. The van der Waals surface area contributed by atoms with Crippen LogP contribution in [0.5, 0.6) is 5.75 Å². The van der Waals surface area contributed by atoms with Crippen LogP contribution >= 0.6 is 0 Å². The van der Waals surface area contributed by atoms with Gasteiger partial charge in [0.2, 0.25) is 0 Å². The highest BCUT2D eigenvalue weighted by molar-refractivity contribution is 5.40. The molecule has 0 spiro atoms. The smallest absolute Gasteiger partial charge is 0.122 e. The summed E-state index contributed by atoms with van der Waals surface area (Å²) >= 11 is 0. The molecule has 1 heterocycles.